The van der Waals surface area contributed by atoms with Gasteiger partial charge in [-0.2, -0.15) is 0 Å². The van der Waals surface area contributed by atoms with Crippen molar-refractivity contribution >= 4 is 5.97 Å². The number of rotatable bonds is 16. The lowest BCUT2D eigenvalue weighted by molar-refractivity contribution is -0.137. The second-order valence-electron chi connectivity index (χ2n) is 8.71. The van der Waals surface area contributed by atoms with Crippen molar-refractivity contribution in [2.75, 3.05) is 7.11 Å². The molecule has 0 aromatic carbocycles. The summed E-state index contributed by atoms with van der Waals surface area (Å²) < 4.78 is 5.67. The van der Waals surface area contributed by atoms with Crippen LogP contribution in [0.15, 0.2) is 0 Å². The van der Waals surface area contributed by atoms with E-state index in [9.17, 15) is 15.0 Å². The van der Waals surface area contributed by atoms with E-state index in [0.29, 0.717) is 18.3 Å². The highest BCUT2D eigenvalue weighted by molar-refractivity contribution is 5.66. The Morgan fingerprint density at radius 2 is 1.75 bits per heavy atom. The van der Waals surface area contributed by atoms with Crippen LogP contribution in [0, 0.1) is 17.8 Å². The Balaban J connectivity index is 2.48. The van der Waals surface area contributed by atoms with Crippen molar-refractivity contribution in [2.24, 2.45) is 17.8 Å². The predicted molar refractivity (Wildman–Crippen MR) is 112 cm³/mol. The van der Waals surface area contributed by atoms with Crippen molar-refractivity contribution in [3.8, 4) is 0 Å². The monoisotopic (exact) mass is 400 g/mol. The van der Waals surface area contributed by atoms with E-state index in [1.54, 1.807) is 7.11 Å². The molecule has 5 heteroatoms. The predicted octanol–water partition coefficient (Wildman–Crippen LogP) is 4.78. The van der Waals surface area contributed by atoms with E-state index in [2.05, 4.69) is 13.8 Å². The van der Waals surface area contributed by atoms with Crippen LogP contribution >= 0.6 is 0 Å². The fourth-order valence-corrected chi connectivity index (χ4v) is 4.97. The minimum atomic E-state index is -0.725. The first-order chi connectivity index (χ1) is 13.4. The summed E-state index contributed by atoms with van der Waals surface area (Å²) >= 11 is 0. The van der Waals surface area contributed by atoms with E-state index < -0.39 is 5.97 Å². The number of aliphatic hydroxyl groups is 2. The van der Waals surface area contributed by atoms with Crippen molar-refractivity contribution in [2.45, 2.75) is 116 Å². The zero-order valence-electron chi connectivity index (χ0n) is 18.3. The van der Waals surface area contributed by atoms with Gasteiger partial charge < -0.3 is 20.1 Å². The molecule has 0 aromatic heterocycles. The lowest BCUT2D eigenvalue weighted by Gasteiger charge is -2.28. The highest BCUT2D eigenvalue weighted by Gasteiger charge is 2.42. The third-order valence-corrected chi connectivity index (χ3v) is 6.77. The number of aliphatic hydroxyl groups excluding tert-OH is 2. The molecule has 0 bridgehead atoms. The quantitative estimate of drug-likeness (QED) is 0.325. The maximum Gasteiger partial charge on any atom is 0.303 e. The Hall–Kier alpha value is -0.650. The number of carbonyl (C=O) groups is 1. The molecular weight excluding hydrogens is 356 g/mol. The summed E-state index contributed by atoms with van der Waals surface area (Å²) in [6.07, 6.45) is 11.2. The standard InChI is InChI=1S/C23H44O5/c1-4-6-11-17(5-2)20(24)15-14-19-18(21(25)16-22(19)28-3)12-9-7-8-10-13-23(26)27/h17-22,24-25H,4-16H2,1-3H3,(H,26,27)/t17?,18-,19-,20?,21+,22-/m1/s1. The summed E-state index contributed by atoms with van der Waals surface area (Å²) in [5, 5.41) is 29.9. The van der Waals surface area contributed by atoms with Gasteiger partial charge in [0.15, 0.2) is 0 Å². The van der Waals surface area contributed by atoms with Crippen LogP contribution in [-0.2, 0) is 9.53 Å². The van der Waals surface area contributed by atoms with Gasteiger partial charge in [-0.1, -0.05) is 52.4 Å². The Bertz CT molecular complexity index is 414. The molecule has 0 aromatic rings. The number of unbranched alkanes of at least 4 members (excludes halogenated alkanes) is 4. The largest absolute Gasteiger partial charge is 0.481 e. The molecular formula is C23H44O5. The topological polar surface area (TPSA) is 87.0 Å². The fourth-order valence-electron chi connectivity index (χ4n) is 4.97. The van der Waals surface area contributed by atoms with Gasteiger partial charge in [-0.15, -0.1) is 0 Å². The van der Waals surface area contributed by atoms with Crippen LogP contribution in [-0.4, -0.2) is 46.7 Å². The number of carboxylic acids is 1. The zero-order chi connectivity index (χ0) is 20.9. The molecule has 1 rings (SSSR count). The number of carboxylic acid groups (broad SMARTS) is 1. The zero-order valence-corrected chi connectivity index (χ0v) is 18.3. The molecule has 0 aliphatic heterocycles. The van der Waals surface area contributed by atoms with Crippen LogP contribution in [0.1, 0.15) is 97.3 Å². The van der Waals surface area contributed by atoms with Gasteiger partial charge in [-0.3, -0.25) is 4.79 Å². The number of hydrogen-bond donors (Lipinski definition) is 3. The van der Waals surface area contributed by atoms with Gasteiger partial charge in [0.2, 0.25) is 0 Å². The molecule has 0 heterocycles. The van der Waals surface area contributed by atoms with Crippen LogP contribution in [0.25, 0.3) is 0 Å². The molecule has 2 unspecified atom stereocenters. The van der Waals surface area contributed by atoms with Crippen molar-refractivity contribution in [3.05, 3.63) is 0 Å². The van der Waals surface area contributed by atoms with Gasteiger partial charge in [0.1, 0.15) is 0 Å². The SMILES string of the molecule is CCCCC(CC)C(O)CC[C@@H]1[C@@H](CCCCCCC(=O)O)[C@@H](O)C[C@H]1OC. The lowest BCUT2D eigenvalue weighted by atomic mass is 9.82. The van der Waals surface area contributed by atoms with E-state index in [1.165, 1.54) is 12.8 Å². The number of hydrogen-bond acceptors (Lipinski definition) is 4. The van der Waals surface area contributed by atoms with E-state index in [0.717, 1.165) is 57.8 Å². The molecule has 0 amide bonds. The molecule has 5 nitrogen and oxygen atoms in total. The third-order valence-electron chi connectivity index (χ3n) is 6.77. The second-order valence-corrected chi connectivity index (χ2v) is 8.71. The first-order valence-corrected chi connectivity index (χ1v) is 11.5. The molecule has 0 spiro atoms. The van der Waals surface area contributed by atoms with Crippen molar-refractivity contribution in [1.29, 1.82) is 0 Å². The fraction of sp³-hybridized carbons (Fsp3) is 0.957. The van der Waals surface area contributed by atoms with Gasteiger partial charge >= 0.3 is 5.97 Å². The second kappa shape index (κ2) is 14.4. The molecule has 166 valence electrons. The van der Waals surface area contributed by atoms with Gasteiger partial charge in [0, 0.05) is 20.0 Å². The average molecular weight is 401 g/mol. The molecule has 1 saturated carbocycles. The van der Waals surface area contributed by atoms with Crippen molar-refractivity contribution in [3.63, 3.8) is 0 Å². The van der Waals surface area contributed by atoms with E-state index in [1.807, 2.05) is 0 Å². The summed E-state index contributed by atoms with van der Waals surface area (Å²) in [5.74, 6) is 0.182. The van der Waals surface area contributed by atoms with Crippen LogP contribution in [0.2, 0.25) is 0 Å². The lowest BCUT2D eigenvalue weighted by Crippen LogP contribution is -2.27. The van der Waals surface area contributed by atoms with Crippen LogP contribution in [0.3, 0.4) is 0 Å². The first kappa shape index (κ1) is 25.4. The summed E-state index contributed by atoms with van der Waals surface area (Å²) in [4.78, 5) is 10.6. The maximum absolute atomic E-state index is 10.7. The molecule has 28 heavy (non-hydrogen) atoms. The summed E-state index contributed by atoms with van der Waals surface area (Å²) in [7, 11) is 1.73. The van der Waals surface area contributed by atoms with E-state index in [4.69, 9.17) is 9.84 Å². The maximum atomic E-state index is 10.7. The summed E-state index contributed by atoms with van der Waals surface area (Å²) in [6, 6.07) is 0. The van der Waals surface area contributed by atoms with Gasteiger partial charge in [-0.25, -0.2) is 0 Å². The van der Waals surface area contributed by atoms with E-state index in [-0.39, 0.29) is 30.7 Å². The first-order valence-electron chi connectivity index (χ1n) is 11.5. The van der Waals surface area contributed by atoms with Crippen molar-refractivity contribution in [1.82, 2.24) is 0 Å². The highest BCUT2D eigenvalue weighted by atomic mass is 16.5. The summed E-state index contributed by atoms with van der Waals surface area (Å²) in [5.41, 5.74) is 0. The molecule has 1 aliphatic rings. The van der Waals surface area contributed by atoms with Gasteiger partial charge in [0.05, 0.1) is 18.3 Å². The Labute approximate surface area is 171 Å². The smallest absolute Gasteiger partial charge is 0.303 e. The minimum absolute atomic E-state index is 0.0786. The van der Waals surface area contributed by atoms with Gasteiger partial charge in [0.25, 0.3) is 0 Å². The molecule has 6 atom stereocenters. The van der Waals surface area contributed by atoms with Gasteiger partial charge in [-0.05, 0) is 49.9 Å². The normalized spacial score (nSPS) is 27.0. The minimum Gasteiger partial charge on any atom is -0.481 e. The molecule has 0 saturated heterocycles. The average Bonchev–Trinajstić information content (AvgIpc) is 2.97. The Morgan fingerprint density at radius 3 is 2.36 bits per heavy atom. The molecule has 3 N–H and O–H groups in total. The number of ether oxygens (including phenoxy) is 1. The third kappa shape index (κ3) is 8.79. The number of aliphatic carboxylic acids is 1. The van der Waals surface area contributed by atoms with E-state index >= 15 is 0 Å². The van der Waals surface area contributed by atoms with Crippen LogP contribution < -0.4 is 0 Å². The summed E-state index contributed by atoms with van der Waals surface area (Å²) in [6.45, 7) is 4.35. The van der Waals surface area contributed by atoms with Crippen LogP contribution in [0.4, 0.5) is 0 Å². The molecule has 1 fully saturated rings. The van der Waals surface area contributed by atoms with Crippen molar-refractivity contribution < 1.29 is 24.9 Å². The molecule has 1 aliphatic carbocycles. The Kier molecular flexibility index (Phi) is 13.0. The van der Waals surface area contributed by atoms with Crippen LogP contribution in [0.5, 0.6) is 0 Å². The number of methoxy groups -OCH3 is 1. The Morgan fingerprint density at radius 1 is 1.04 bits per heavy atom. The molecule has 0 radical (unpaired) electrons. The highest BCUT2D eigenvalue weighted by Crippen LogP contribution is 2.41.